The van der Waals surface area contributed by atoms with Gasteiger partial charge in [0.25, 0.3) is 0 Å². The van der Waals surface area contributed by atoms with Crippen LogP contribution in [-0.2, 0) is 13.0 Å². The van der Waals surface area contributed by atoms with Gasteiger partial charge < -0.3 is 4.90 Å². The van der Waals surface area contributed by atoms with Crippen LogP contribution in [0.3, 0.4) is 0 Å². The van der Waals surface area contributed by atoms with Gasteiger partial charge in [-0.15, -0.1) is 11.3 Å². The summed E-state index contributed by atoms with van der Waals surface area (Å²) in [4.78, 5) is 16.5. The fraction of sp³-hybridized carbons (Fsp3) is 0.267. The largest absolute Gasteiger partial charge is 0.362 e. The number of hydrogen-bond acceptors (Lipinski definition) is 5. The molecule has 0 radical (unpaired) electrons. The highest BCUT2D eigenvalue weighted by Crippen LogP contribution is 2.33. The van der Waals surface area contributed by atoms with Gasteiger partial charge in [-0.25, -0.2) is 15.0 Å². The lowest BCUT2D eigenvalue weighted by Gasteiger charge is -2.24. The molecule has 0 fully saturated rings. The van der Waals surface area contributed by atoms with Crippen LogP contribution < -0.4 is 4.90 Å². The summed E-state index contributed by atoms with van der Waals surface area (Å²) in [6.07, 6.45) is 2.74. The molecule has 100 valence electrons. The van der Waals surface area contributed by atoms with Crippen molar-refractivity contribution in [3.8, 4) is 0 Å². The van der Waals surface area contributed by atoms with Crippen LogP contribution in [0.2, 0.25) is 0 Å². The first kappa shape index (κ1) is 11.8. The Morgan fingerprint density at radius 3 is 3.10 bits per heavy atom. The zero-order valence-corrected chi connectivity index (χ0v) is 12.0. The van der Waals surface area contributed by atoms with Crippen LogP contribution in [0, 0.1) is 0 Å². The number of rotatable bonds is 2. The maximum Gasteiger partial charge on any atom is 0.147 e. The number of hydrogen-bond donors (Lipinski definition) is 0. The highest BCUT2D eigenvalue weighted by atomic mass is 32.1. The average Bonchev–Trinajstić information content (AvgIpc) is 3.05. The first-order chi connectivity index (χ1) is 9.83. The van der Waals surface area contributed by atoms with E-state index < -0.39 is 0 Å². The van der Waals surface area contributed by atoms with Crippen LogP contribution in [0.4, 0.5) is 5.69 Å². The molecule has 1 aliphatic rings. The lowest BCUT2D eigenvalue weighted by Crippen LogP contribution is -2.29. The van der Waals surface area contributed by atoms with E-state index >= 15 is 0 Å². The molecule has 0 aliphatic carbocycles. The summed E-state index contributed by atoms with van der Waals surface area (Å²) in [6.45, 7) is 3.06. The zero-order chi connectivity index (χ0) is 13.5. The number of nitrogens with zero attached hydrogens (tertiary/aromatic N) is 4. The van der Waals surface area contributed by atoms with Gasteiger partial charge in [-0.1, -0.05) is 18.2 Å². The van der Waals surface area contributed by atoms with Gasteiger partial charge in [0.2, 0.25) is 0 Å². The Hall–Kier alpha value is -2.01. The molecule has 1 aliphatic heterocycles. The Labute approximate surface area is 121 Å². The van der Waals surface area contributed by atoms with E-state index in [1.54, 1.807) is 17.7 Å². The summed E-state index contributed by atoms with van der Waals surface area (Å²) in [5, 5.41) is 0. The molecule has 5 heteroatoms. The molecule has 1 unspecified atom stereocenters. The van der Waals surface area contributed by atoms with Crippen molar-refractivity contribution in [2.45, 2.75) is 25.9 Å². The zero-order valence-electron chi connectivity index (χ0n) is 11.2. The van der Waals surface area contributed by atoms with Gasteiger partial charge in [0.05, 0.1) is 17.7 Å². The first-order valence-corrected chi connectivity index (χ1v) is 7.58. The van der Waals surface area contributed by atoms with Crippen molar-refractivity contribution >= 4 is 27.4 Å². The SMILES string of the molecule is CC1Cc2ccccc2N1Cc1ncnc2scnc12. The summed E-state index contributed by atoms with van der Waals surface area (Å²) in [5.41, 5.74) is 6.53. The standard InChI is InChI=1S/C15H14N4S/c1-10-6-11-4-2-3-5-13(11)19(10)7-12-14-15(17-8-16-12)20-9-18-14/h2-5,8-10H,6-7H2,1H3. The van der Waals surface area contributed by atoms with Crippen LogP contribution in [0.15, 0.2) is 36.1 Å². The molecule has 0 saturated heterocycles. The van der Waals surface area contributed by atoms with Crippen molar-refractivity contribution in [2.24, 2.45) is 0 Å². The predicted octanol–water partition coefficient (Wildman–Crippen LogP) is 3.04. The number of anilines is 1. The lowest BCUT2D eigenvalue weighted by molar-refractivity contribution is 0.666. The van der Waals surface area contributed by atoms with Crippen molar-refractivity contribution in [3.05, 3.63) is 47.4 Å². The molecule has 0 spiro atoms. The molecule has 20 heavy (non-hydrogen) atoms. The predicted molar refractivity (Wildman–Crippen MR) is 81.0 cm³/mol. The van der Waals surface area contributed by atoms with Gasteiger partial charge in [0.15, 0.2) is 0 Å². The summed E-state index contributed by atoms with van der Waals surface area (Å²) < 4.78 is 0. The van der Waals surface area contributed by atoms with E-state index in [0.29, 0.717) is 6.04 Å². The van der Waals surface area contributed by atoms with Crippen LogP contribution in [0.5, 0.6) is 0 Å². The molecule has 4 nitrogen and oxygen atoms in total. The quantitative estimate of drug-likeness (QED) is 0.724. The van der Waals surface area contributed by atoms with Crippen molar-refractivity contribution < 1.29 is 0 Å². The van der Waals surface area contributed by atoms with Crippen molar-refractivity contribution in [1.29, 1.82) is 0 Å². The second-order valence-electron chi connectivity index (χ2n) is 5.14. The molecule has 1 atom stereocenters. The van der Waals surface area contributed by atoms with E-state index in [0.717, 1.165) is 29.0 Å². The first-order valence-electron chi connectivity index (χ1n) is 6.70. The Morgan fingerprint density at radius 2 is 2.15 bits per heavy atom. The molecule has 0 amide bonds. The smallest absolute Gasteiger partial charge is 0.147 e. The molecule has 3 heterocycles. The monoisotopic (exact) mass is 282 g/mol. The molecule has 2 aromatic heterocycles. The van der Waals surface area contributed by atoms with E-state index in [1.165, 1.54) is 11.3 Å². The summed E-state index contributed by atoms with van der Waals surface area (Å²) in [5.74, 6) is 0. The molecule has 0 bridgehead atoms. The molecular formula is C15H14N4S. The Morgan fingerprint density at radius 1 is 1.25 bits per heavy atom. The normalized spacial score (nSPS) is 17.6. The second kappa shape index (κ2) is 4.52. The van der Waals surface area contributed by atoms with Gasteiger partial charge in [-0.3, -0.25) is 0 Å². The molecular weight excluding hydrogens is 268 g/mol. The highest BCUT2D eigenvalue weighted by molar-refractivity contribution is 7.16. The molecule has 0 N–H and O–H groups in total. The summed E-state index contributed by atoms with van der Waals surface area (Å²) in [7, 11) is 0. The minimum atomic E-state index is 0.496. The van der Waals surface area contributed by atoms with Gasteiger partial charge in [-0.2, -0.15) is 0 Å². The molecule has 3 aromatic rings. The fourth-order valence-corrected chi connectivity index (χ4v) is 3.54. The van der Waals surface area contributed by atoms with Crippen LogP contribution in [-0.4, -0.2) is 21.0 Å². The third kappa shape index (κ3) is 1.78. The number of thiazole rings is 1. The maximum absolute atomic E-state index is 4.44. The maximum atomic E-state index is 4.44. The number of para-hydroxylation sites is 1. The van der Waals surface area contributed by atoms with Crippen LogP contribution >= 0.6 is 11.3 Å². The second-order valence-corrected chi connectivity index (χ2v) is 5.97. The number of aromatic nitrogens is 3. The number of fused-ring (bicyclic) bond motifs is 2. The highest BCUT2D eigenvalue weighted by Gasteiger charge is 2.26. The summed E-state index contributed by atoms with van der Waals surface area (Å²) in [6, 6.07) is 9.11. The van der Waals surface area contributed by atoms with E-state index in [-0.39, 0.29) is 0 Å². The van der Waals surface area contributed by atoms with Crippen molar-refractivity contribution in [2.75, 3.05) is 4.90 Å². The third-order valence-corrected chi connectivity index (χ3v) is 4.61. The minimum Gasteiger partial charge on any atom is -0.362 e. The van der Waals surface area contributed by atoms with E-state index in [9.17, 15) is 0 Å². The van der Waals surface area contributed by atoms with Crippen molar-refractivity contribution in [3.63, 3.8) is 0 Å². The molecule has 4 rings (SSSR count). The van der Waals surface area contributed by atoms with Gasteiger partial charge >= 0.3 is 0 Å². The van der Waals surface area contributed by atoms with Crippen LogP contribution in [0.1, 0.15) is 18.2 Å². The van der Waals surface area contributed by atoms with E-state index in [4.69, 9.17) is 0 Å². The van der Waals surface area contributed by atoms with E-state index in [1.807, 2.05) is 5.51 Å². The van der Waals surface area contributed by atoms with Gasteiger partial charge in [-0.05, 0) is 25.0 Å². The van der Waals surface area contributed by atoms with E-state index in [2.05, 4.69) is 51.0 Å². The molecule has 1 aromatic carbocycles. The summed E-state index contributed by atoms with van der Waals surface area (Å²) >= 11 is 1.57. The Bertz CT molecular complexity index is 767. The fourth-order valence-electron chi connectivity index (χ4n) is 2.89. The topological polar surface area (TPSA) is 41.9 Å². The van der Waals surface area contributed by atoms with Crippen molar-refractivity contribution in [1.82, 2.24) is 15.0 Å². The Kier molecular flexibility index (Phi) is 2.67. The van der Waals surface area contributed by atoms with Gasteiger partial charge in [0, 0.05) is 11.7 Å². The lowest BCUT2D eigenvalue weighted by atomic mass is 10.1. The Balaban J connectivity index is 1.74. The third-order valence-electron chi connectivity index (χ3n) is 3.88. The minimum absolute atomic E-state index is 0.496. The number of benzene rings is 1. The van der Waals surface area contributed by atoms with Gasteiger partial charge in [0.1, 0.15) is 16.7 Å². The van der Waals surface area contributed by atoms with Crippen LogP contribution in [0.25, 0.3) is 10.3 Å². The average molecular weight is 282 g/mol. The molecule has 0 saturated carbocycles.